The van der Waals surface area contributed by atoms with Gasteiger partial charge in [-0.2, -0.15) is 0 Å². The number of likely N-dealkylation sites (tertiary alicyclic amines) is 1. The maximum atomic E-state index is 3.79. The first-order chi connectivity index (χ1) is 10.8. The predicted octanol–water partition coefficient (Wildman–Crippen LogP) is 4.44. The van der Waals surface area contributed by atoms with Crippen molar-refractivity contribution in [2.45, 2.75) is 76.9 Å². The monoisotopic (exact) mass is 300 g/mol. The van der Waals surface area contributed by atoms with Gasteiger partial charge in [-0.1, -0.05) is 43.2 Å². The van der Waals surface area contributed by atoms with Crippen LogP contribution in [0.3, 0.4) is 0 Å². The minimum Gasteiger partial charge on any atom is -0.310 e. The molecule has 0 aliphatic carbocycles. The van der Waals surface area contributed by atoms with Crippen molar-refractivity contribution in [1.29, 1.82) is 0 Å². The summed E-state index contributed by atoms with van der Waals surface area (Å²) in [5.74, 6) is 0. The van der Waals surface area contributed by atoms with Gasteiger partial charge < -0.3 is 5.32 Å². The van der Waals surface area contributed by atoms with Gasteiger partial charge in [0.2, 0.25) is 0 Å². The summed E-state index contributed by atoms with van der Waals surface area (Å²) >= 11 is 0. The number of hydrogen-bond donors (Lipinski definition) is 1. The number of benzene rings is 1. The molecule has 0 spiro atoms. The van der Waals surface area contributed by atoms with Crippen LogP contribution in [0.1, 0.15) is 69.0 Å². The summed E-state index contributed by atoms with van der Waals surface area (Å²) in [4.78, 5) is 2.85. The summed E-state index contributed by atoms with van der Waals surface area (Å²) in [5.41, 5.74) is 2.83. The number of nitrogens with one attached hydrogen (secondary N) is 1. The van der Waals surface area contributed by atoms with Crippen molar-refractivity contribution >= 4 is 0 Å². The minimum absolute atomic E-state index is 0.551. The fraction of sp³-hybridized carbons (Fsp3) is 0.700. The predicted molar refractivity (Wildman–Crippen MR) is 94.2 cm³/mol. The number of nitrogens with zero attached hydrogens (tertiary/aromatic N) is 1. The van der Waals surface area contributed by atoms with Gasteiger partial charge in [-0.05, 0) is 64.1 Å². The highest BCUT2D eigenvalue weighted by Crippen LogP contribution is 2.30. The SMILES string of the molecule is CCC1CCCCN1C1CCNC(c2ccc(C)cc2)CC1. The molecule has 3 unspecified atom stereocenters. The van der Waals surface area contributed by atoms with E-state index in [0.29, 0.717) is 6.04 Å². The summed E-state index contributed by atoms with van der Waals surface area (Å²) in [7, 11) is 0. The van der Waals surface area contributed by atoms with Gasteiger partial charge in [0.25, 0.3) is 0 Å². The smallest absolute Gasteiger partial charge is 0.0320 e. The molecule has 0 saturated carbocycles. The molecule has 2 aliphatic heterocycles. The average molecular weight is 300 g/mol. The summed E-state index contributed by atoms with van der Waals surface area (Å²) in [5, 5.41) is 3.79. The Kier molecular flexibility index (Phi) is 5.54. The van der Waals surface area contributed by atoms with E-state index < -0.39 is 0 Å². The van der Waals surface area contributed by atoms with Gasteiger partial charge in [0.05, 0.1) is 0 Å². The molecule has 1 N–H and O–H groups in total. The van der Waals surface area contributed by atoms with Crippen LogP contribution in [0, 0.1) is 6.92 Å². The van der Waals surface area contributed by atoms with Crippen LogP contribution < -0.4 is 5.32 Å². The quantitative estimate of drug-likeness (QED) is 0.887. The zero-order chi connectivity index (χ0) is 15.4. The van der Waals surface area contributed by atoms with Crippen LogP contribution in [0.2, 0.25) is 0 Å². The standard InChI is InChI=1S/C20H32N2/c1-3-18-6-4-5-15-22(18)19-11-12-20(21-14-13-19)17-9-7-16(2)8-10-17/h7-10,18-21H,3-6,11-15H2,1-2H3. The zero-order valence-electron chi connectivity index (χ0n) is 14.4. The maximum Gasteiger partial charge on any atom is 0.0320 e. The highest BCUT2D eigenvalue weighted by Gasteiger charge is 2.29. The van der Waals surface area contributed by atoms with Crippen LogP contribution in [0.5, 0.6) is 0 Å². The minimum atomic E-state index is 0.551. The van der Waals surface area contributed by atoms with Gasteiger partial charge in [0.15, 0.2) is 0 Å². The molecule has 1 aromatic rings. The molecule has 3 atom stereocenters. The second-order valence-corrected chi connectivity index (χ2v) is 7.23. The molecule has 0 aromatic heterocycles. The van der Waals surface area contributed by atoms with E-state index in [1.54, 1.807) is 0 Å². The third-order valence-electron chi connectivity index (χ3n) is 5.75. The zero-order valence-corrected chi connectivity index (χ0v) is 14.4. The van der Waals surface area contributed by atoms with Crippen molar-refractivity contribution in [3.63, 3.8) is 0 Å². The third-order valence-corrected chi connectivity index (χ3v) is 5.75. The lowest BCUT2D eigenvalue weighted by molar-refractivity contribution is 0.0841. The Balaban J connectivity index is 1.63. The van der Waals surface area contributed by atoms with E-state index in [1.165, 1.54) is 62.6 Å². The second-order valence-electron chi connectivity index (χ2n) is 7.23. The average Bonchev–Trinajstić information content (AvgIpc) is 2.81. The Labute approximate surface area is 136 Å². The first-order valence-electron chi connectivity index (χ1n) is 9.33. The first-order valence-corrected chi connectivity index (χ1v) is 9.33. The number of hydrogen-bond acceptors (Lipinski definition) is 2. The summed E-state index contributed by atoms with van der Waals surface area (Å²) < 4.78 is 0. The lowest BCUT2D eigenvalue weighted by Crippen LogP contribution is -2.46. The summed E-state index contributed by atoms with van der Waals surface area (Å²) in [6.45, 7) is 7.03. The first kappa shape index (κ1) is 16.0. The topological polar surface area (TPSA) is 15.3 Å². The molecule has 0 bridgehead atoms. The Morgan fingerprint density at radius 1 is 1.05 bits per heavy atom. The molecule has 2 heterocycles. The van der Waals surface area contributed by atoms with Gasteiger partial charge in [0.1, 0.15) is 0 Å². The van der Waals surface area contributed by atoms with Crippen LogP contribution >= 0.6 is 0 Å². The fourth-order valence-corrected chi connectivity index (χ4v) is 4.39. The van der Waals surface area contributed by atoms with Crippen molar-refractivity contribution in [2.75, 3.05) is 13.1 Å². The molecule has 22 heavy (non-hydrogen) atoms. The highest BCUT2D eigenvalue weighted by atomic mass is 15.2. The summed E-state index contributed by atoms with van der Waals surface area (Å²) in [6.07, 6.45) is 9.53. The lowest BCUT2D eigenvalue weighted by atomic mass is 9.94. The van der Waals surface area contributed by atoms with Crippen LogP contribution in [-0.2, 0) is 0 Å². The van der Waals surface area contributed by atoms with E-state index in [1.807, 2.05) is 0 Å². The molecule has 0 amide bonds. The van der Waals surface area contributed by atoms with E-state index in [9.17, 15) is 0 Å². The molecule has 2 saturated heterocycles. The number of piperidine rings is 1. The van der Waals surface area contributed by atoms with E-state index in [-0.39, 0.29) is 0 Å². The van der Waals surface area contributed by atoms with Crippen molar-refractivity contribution in [3.05, 3.63) is 35.4 Å². The van der Waals surface area contributed by atoms with Crippen LogP contribution in [0.25, 0.3) is 0 Å². The van der Waals surface area contributed by atoms with Gasteiger partial charge in [-0.3, -0.25) is 4.90 Å². The van der Waals surface area contributed by atoms with Gasteiger partial charge >= 0.3 is 0 Å². The van der Waals surface area contributed by atoms with E-state index in [4.69, 9.17) is 0 Å². The molecule has 2 nitrogen and oxygen atoms in total. The largest absolute Gasteiger partial charge is 0.310 e. The van der Waals surface area contributed by atoms with Crippen molar-refractivity contribution in [1.82, 2.24) is 10.2 Å². The van der Waals surface area contributed by atoms with E-state index in [2.05, 4.69) is 48.3 Å². The van der Waals surface area contributed by atoms with Crippen molar-refractivity contribution < 1.29 is 0 Å². The van der Waals surface area contributed by atoms with Crippen LogP contribution in [0.4, 0.5) is 0 Å². The maximum absolute atomic E-state index is 3.79. The molecule has 2 aliphatic rings. The van der Waals surface area contributed by atoms with Gasteiger partial charge in [-0.25, -0.2) is 0 Å². The Morgan fingerprint density at radius 3 is 2.64 bits per heavy atom. The molecular weight excluding hydrogens is 268 g/mol. The second kappa shape index (κ2) is 7.61. The highest BCUT2D eigenvalue weighted by molar-refractivity contribution is 5.24. The molecule has 3 rings (SSSR count). The third kappa shape index (κ3) is 3.72. The molecule has 0 radical (unpaired) electrons. The Bertz CT molecular complexity index is 453. The molecule has 1 aromatic carbocycles. The fourth-order valence-electron chi connectivity index (χ4n) is 4.39. The number of rotatable bonds is 3. The van der Waals surface area contributed by atoms with Crippen molar-refractivity contribution in [2.24, 2.45) is 0 Å². The lowest BCUT2D eigenvalue weighted by Gasteiger charge is -2.41. The van der Waals surface area contributed by atoms with Crippen LogP contribution in [0.15, 0.2) is 24.3 Å². The van der Waals surface area contributed by atoms with Gasteiger partial charge in [-0.15, -0.1) is 0 Å². The normalized spacial score (nSPS) is 30.9. The van der Waals surface area contributed by atoms with Crippen molar-refractivity contribution in [3.8, 4) is 0 Å². The van der Waals surface area contributed by atoms with Gasteiger partial charge in [0, 0.05) is 18.1 Å². The number of aryl methyl sites for hydroxylation is 1. The summed E-state index contributed by atoms with van der Waals surface area (Å²) in [6, 6.07) is 11.3. The molecular formula is C20H32N2. The molecule has 2 fully saturated rings. The van der Waals surface area contributed by atoms with E-state index in [0.717, 1.165) is 18.6 Å². The Hall–Kier alpha value is -0.860. The van der Waals surface area contributed by atoms with E-state index >= 15 is 0 Å². The molecule has 122 valence electrons. The van der Waals surface area contributed by atoms with Crippen LogP contribution in [-0.4, -0.2) is 30.1 Å². The Morgan fingerprint density at radius 2 is 1.86 bits per heavy atom. The molecule has 2 heteroatoms.